The molecule has 0 aliphatic rings. The molecule has 2 aromatic heterocycles. The van der Waals surface area contributed by atoms with Crippen molar-refractivity contribution in [1.29, 1.82) is 0 Å². The van der Waals surface area contributed by atoms with Gasteiger partial charge in [0, 0.05) is 24.9 Å². The number of rotatable bonds is 4. The maximum absolute atomic E-state index is 5.92. The Kier molecular flexibility index (Phi) is 4.03. The molecule has 0 spiro atoms. The Morgan fingerprint density at radius 2 is 2.00 bits per heavy atom. The molecular weight excluding hydrogens is 306 g/mol. The average molecular weight is 318 g/mol. The number of halogens is 1. The van der Waals surface area contributed by atoms with Crippen LogP contribution in [0.25, 0.3) is 11.3 Å². The van der Waals surface area contributed by atoms with Crippen LogP contribution in [0.3, 0.4) is 0 Å². The third-order valence-corrected chi connectivity index (χ3v) is 3.92. The minimum atomic E-state index is 0.395. The first kappa shape index (κ1) is 13.9. The number of hydrogen-bond donors (Lipinski definition) is 1. The van der Waals surface area contributed by atoms with Crippen LogP contribution >= 0.6 is 22.9 Å². The molecule has 0 amide bonds. The lowest BCUT2D eigenvalue weighted by Crippen LogP contribution is -1.87. The van der Waals surface area contributed by atoms with Crippen LogP contribution in [-0.4, -0.2) is 17.0 Å². The first-order chi connectivity index (χ1) is 10.3. The van der Waals surface area contributed by atoms with Gasteiger partial charge < -0.3 is 10.1 Å². The second-order valence-corrected chi connectivity index (χ2v) is 5.54. The van der Waals surface area contributed by atoms with Gasteiger partial charge in [-0.25, -0.2) is 9.97 Å². The van der Waals surface area contributed by atoms with Crippen molar-refractivity contribution < 1.29 is 4.74 Å². The van der Waals surface area contributed by atoms with Gasteiger partial charge in [0.05, 0.1) is 0 Å². The van der Waals surface area contributed by atoms with Crippen molar-refractivity contribution >= 4 is 28.1 Å². The maximum atomic E-state index is 5.92. The molecule has 3 aromatic rings. The number of pyridine rings is 1. The summed E-state index contributed by atoms with van der Waals surface area (Å²) in [7, 11) is 1.83. The zero-order valence-corrected chi connectivity index (χ0v) is 12.8. The van der Waals surface area contributed by atoms with Crippen molar-refractivity contribution in [2.24, 2.45) is 0 Å². The zero-order chi connectivity index (χ0) is 14.7. The van der Waals surface area contributed by atoms with Crippen molar-refractivity contribution in [3.63, 3.8) is 0 Å². The Balaban J connectivity index is 2.00. The molecule has 0 saturated heterocycles. The highest BCUT2D eigenvalue weighted by molar-refractivity contribution is 7.17. The lowest BCUT2D eigenvalue weighted by atomic mass is 10.2. The molecule has 0 fully saturated rings. The van der Waals surface area contributed by atoms with Gasteiger partial charge in [0.2, 0.25) is 5.06 Å². The Labute approximate surface area is 131 Å². The summed E-state index contributed by atoms with van der Waals surface area (Å²) >= 11 is 7.33. The van der Waals surface area contributed by atoms with Crippen molar-refractivity contribution in [3.05, 3.63) is 53.8 Å². The largest absolute Gasteiger partial charge is 0.444 e. The fourth-order valence-corrected chi connectivity index (χ4v) is 2.79. The van der Waals surface area contributed by atoms with E-state index in [4.69, 9.17) is 16.3 Å². The van der Waals surface area contributed by atoms with Gasteiger partial charge in [-0.15, -0.1) is 0 Å². The molecule has 6 heteroatoms. The average Bonchev–Trinajstić information content (AvgIpc) is 2.91. The summed E-state index contributed by atoms with van der Waals surface area (Å²) in [6, 6.07) is 13.4. The van der Waals surface area contributed by atoms with Crippen LogP contribution in [0.2, 0.25) is 5.15 Å². The monoisotopic (exact) mass is 317 g/mol. The van der Waals surface area contributed by atoms with E-state index < -0.39 is 0 Å². The molecule has 1 N–H and O–H groups in total. The van der Waals surface area contributed by atoms with E-state index in [1.165, 1.54) is 11.3 Å². The summed E-state index contributed by atoms with van der Waals surface area (Å²) in [5.41, 5.74) is 1.81. The normalized spacial score (nSPS) is 10.4. The third kappa shape index (κ3) is 3.15. The summed E-state index contributed by atoms with van der Waals surface area (Å²) in [5, 5.41) is 4.95. The number of nitrogens with one attached hydrogen (secondary N) is 1. The van der Waals surface area contributed by atoms with Gasteiger partial charge in [0.25, 0.3) is 0 Å². The van der Waals surface area contributed by atoms with Crippen molar-refractivity contribution in [2.75, 3.05) is 12.4 Å². The number of thiazole rings is 1. The van der Waals surface area contributed by atoms with Gasteiger partial charge >= 0.3 is 0 Å². The van der Waals surface area contributed by atoms with Crippen LogP contribution in [0.1, 0.15) is 0 Å². The van der Waals surface area contributed by atoms with E-state index in [2.05, 4.69) is 15.3 Å². The number of benzene rings is 1. The van der Waals surface area contributed by atoms with E-state index in [-0.39, 0.29) is 0 Å². The first-order valence-electron chi connectivity index (χ1n) is 6.29. The number of aromatic nitrogens is 2. The summed E-state index contributed by atoms with van der Waals surface area (Å²) in [6.07, 6.45) is 1.61. The Morgan fingerprint density at radius 1 is 1.19 bits per heavy atom. The molecule has 106 valence electrons. The predicted molar refractivity (Wildman–Crippen MR) is 86.4 cm³/mol. The van der Waals surface area contributed by atoms with Gasteiger partial charge in [-0.1, -0.05) is 53.3 Å². The van der Waals surface area contributed by atoms with Crippen molar-refractivity contribution in [2.45, 2.75) is 0 Å². The first-order valence-corrected chi connectivity index (χ1v) is 7.49. The fourth-order valence-electron chi connectivity index (χ4n) is 1.82. The number of hydrogen-bond acceptors (Lipinski definition) is 5. The maximum Gasteiger partial charge on any atom is 0.210 e. The molecule has 0 saturated carbocycles. The molecule has 4 nitrogen and oxygen atoms in total. The summed E-state index contributed by atoms with van der Waals surface area (Å²) in [6.45, 7) is 0. The van der Waals surface area contributed by atoms with Gasteiger partial charge in [-0.3, -0.25) is 0 Å². The minimum Gasteiger partial charge on any atom is -0.444 e. The highest BCUT2D eigenvalue weighted by Crippen LogP contribution is 2.40. The predicted octanol–water partition coefficient (Wildman–Crippen LogP) is 4.69. The van der Waals surface area contributed by atoms with E-state index in [0.717, 1.165) is 16.4 Å². The zero-order valence-electron chi connectivity index (χ0n) is 11.2. The lowest BCUT2D eigenvalue weighted by Gasteiger charge is -2.05. The van der Waals surface area contributed by atoms with E-state index in [9.17, 15) is 0 Å². The van der Waals surface area contributed by atoms with E-state index in [0.29, 0.717) is 16.0 Å². The summed E-state index contributed by atoms with van der Waals surface area (Å²) in [4.78, 5) is 8.50. The topological polar surface area (TPSA) is 47.0 Å². The highest BCUT2D eigenvalue weighted by atomic mass is 35.5. The molecule has 3 rings (SSSR count). The molecule has 1 aromatic carbocycles. The SMILES string of the molecule is CNc1nc(-c2ccccc2)c(Oc2ccnc(Cl)c2)s1. The third-order valence-electron chi connectivity index (χ3n) is 2.77. The van der Waals surface area contributed by atoms with Crippen LogP contribution in [0.4, 0.5) is 5.13 Å². The van der Waals surface area contributed by atoms with Crippen LogP contribution < -0.4 is 10.1 Å². The van der Waals surface area contributed by atoms with Crippen LogP contribution in [0.15, 0.2) is 48.7 Å². The van der Waals surface area contributed by atoms with Crippen LogP contribution in [-0.2, 0) is 0 Å². The molecule has 2 heterocycles. The van der Waals surface area contributed by atoms with Crippen LogP contribution in [0.5, 0.6) is 10.8 Å². The minimum absolute atomic E-state index is 0.395. The molecule has 21 heavy (non-hydrogen) atoms. The fraction of sp³-hybridized carbons (Fsp3) is 0.0667. The van der Waals surface area contributed by atoms with Gasteiger partial charge in [0.15, 0.2) is 5.13 Å². The molecule has 0 atom stereocenters. The standard InChI is InChI=1S/C15H12ClN3OS/c1-17-15-19-13(10-5-3-2-4-6-10)14(21-15)20-11-7-8-18-12(16)9-11/h2-9H,1H3,(H,17,19). The summed E-state index contributed by atoms with van der Waals surface area (Å²) in [5.74, 6) is 0.637. The van der Waals surface area contributed by atoms with Gasteiger partial charge in [-0.05, 0) is 6.07 Å². The highest BCUT2D eigenvalue weighted by Gasteiger charge is 2.14. The second kappa shape index (κ2) is 6.11. The van der Waals surface area contributed by atoms with Gasteiger partial charge in [-0.2, -0.15) is 0 Å². The van der Waals surface area contributed by atoms with E-state index in [1.54, 1.807) is 18.3 Å². The number of nitrogens with zero attached hydrogens (tertiary/aromatic N) is 2. The molecule has 0 bridgehead atoms. The molecule has 0 unspecified atom stereocenters. The second-order valence-electron chi connectivity index (χ2n) is 4.19. The van der Waals surface area contributed by atoms with Gasteiger partial charge in [0.1, 0.15) is 16.6 Å². The van der Waals surface area contributed by atoms with Crippen LogP contribution in [0, 0.1) is 0 Å². The lowest BCUT2D eigenvalue weighted by molar-refractivity contribution is 0.496. The Hall–Kier alpha value is -2.11. The molecule has 0 aliphatic heterocycles. The number of ether oxygens (including phenoxy) is 1. The van der Waals surface area contributed by atoms with E-state index in [1.807, 2.05) is 37.4 Å². The molecular formula is C15H12ClN3OS. The number of anilines is 1. The molecule has 0 aliphatic carbocycles. The Morgan fingerprint density at radius 3 is 2.71 bits per heavy atom. The van der Waals surface area contributed by atoms with Crippen molar-refractivity contribution in [3.8, 4) is 22.1 Å². The van der Waals surface area contributed by atoms with E-state index >= 15 is 0 Å². The summed E-state index contributed by atoms with van der Waals surface area (Å²) < 4.78 is 5.92. The smallest absolute Gasteiger partial charge is 0.210 e. The molecule has 0 radical (unpaired) electrons. The Bertz CT molecular complexity index is 746. The quantitative estimate of drug-likeness (QED) is 0.709. The van der Waals surface area contributed by atoms with Crippen molar-refractivity contribution in [1.82, 2.24) is 9.97 Å².